The molecular formula is C15H24N4O. The molecular weight excluding hydrogens is 252 g/mol. The quantitative estimate of drug-likeness (QED) is 0.855. The van der Waals surface area contributed by atoms with Gasteiger partial charge in [-0.2, -0.15) is 0 Å². The van der Waals surface area contributed by atoms with Gasteiger partial charge in [0.25, 0.3) is 0 Å². The Labute approximate surface area is 120 Å². The maximum Gasteiger partial charge on any atom is 0.250 e. The molecule has 0 aliphatic carbocycles. The van der Waals surface area contributed by atoms with Crippen LogP contribution < -0.4 is 16.0 Å². The molecule has 0 spiro atoms. The van der Waals surface area contributed by atoms with E-state index < -0.39 is 5.91 Å². The number of hydrogen-bond donors (Lipinski definition) is 2. The van der Waals surface area contributed by atoms with Crippen molar-refractivity contribution in [3.63, 3.8) is 0 Å². The number of amides is 1. The van der Waals surface area contributed by atoms with Gasteiger partial charge in [-0.1, -0.05) is 13.8 Å². The number of nitrogens with two attached hydrogens (primary N) is 1. The lowest BCUT2D eigenvalue weighted by atomic mass is 10.0. The van der Waals surface area contributed by atoms with Crippen molar-refractivity contribution >= 4 is 11.7 Å². The third kappa shape index (κ3) is 3.70. The van der Waals surface area contributed by atoms with Gasteiger partial charge in [-0.25, -0.2) is 4.98 Å². The van der Waals surface area contributed by atoms with Gasteiger partial charge in [-0.3, -0.25) is 4.79 Å². The molecule has 1 saturated heterocycles. The largest absolute Gasteiger partial charge is 0.366 e. The van der Waals surface area contributed by atoms with Gasteiger partial charge in [0.2, 0.25) is 5.91 Å². The average molecular weight is 276 g/mol. The maximum atomic E-state index is 11.1. The number of carbonyl (C=O) groups excluding carboxylic acids is 1. The van der Waals surface area contributed by atoms with E-state index in [0.29, 0.717) is 17.6 Å². The highest BCUT2D eigenvalue weighted by molar-refractivity contribution is 5.92. The van der Waals surface area contributed by atoms with E-state index in [-0.39, 0.29) is 0 Å². The normalized spacial score (nSPS) is 19.4. The van der Waals surface area contributed by atoms with Crippen molar-refractivity contribution < 1.29 is 4.79 Å². The molecule has 1 aromatic heterocycles. The van der Waals surface area contributed by atoms with Gasteiger partial charge in [0.1, 0.15) is 5.82 Å². The third-order valence-electron chi connectivity index (χ3n) is 3.72. The molecule has 1 aliphatic rings. The summed E-state index contributed by atoms with van der Waals surface area (Å²) in [4.78, 5) is 17.8. The lowest BCUT2D eigenvalue weighted by Crippen LogP contribution is -2.47. The molecule has 0 saturated carbocycles. The van der Waals surface area contributed by atoms with Crippen LogP contribution in [0, 0.1) is 0 Å². The molecule has 1 atom stereocenters. The van der Waals surface area contributed by atoms with E-state index in [1.54, 1.807) is 12.3 Å². The Bertz CT molecular complexity index is 444. The third-order valence-corrected chi connectivity index (χ3v) is 3.72. The van der Waals surface area contributed by atoms with Gasteiger partial charge in [0.15, 0.2) is 0 Å². The highest BCUT2D eigenvalue weighted by Crippen LogP contribution is 2.23. The molecule has 0 radical (unpaired) electrons. The number of anilines is 1. The van der Waals surface area contributed by atoms with Crippen molar-refractivity contribution in [3.8, 4) is 0 Å². The fourth-order valence-corrected chi connectivity index (χ4v) is 2.59. The zero-order chi connectivity index (χ0) is 14.5. The van der Waals surface area contributed by atoms with Crippen molar-refractivity contribution in [2.24, 2.45) is 5.73 Å². The minimum absolute atomic E-state index is 0.430. The van der Waals surface area contributed by atoms with Crippen LogP contribution in [0.15, 0.2) is 18.3 Å². The molecule has 0 aromatic carbocycles. The van der Waals surface area contributed by atoms with Crippen LogP contribution in [-0.2, 0) is 0 Å². The molecule has 110 valence electrons. The maximum absolute atomic E-state index is 11.1. The van der Waals surface area contributed by atoms with E-state index in [1.165, 1.54) is 19.3 Å². The molecule has 1 aliphatic heterocycles. The Hall–Kier alpha value is -1.62. The number of hydrogen-bond acceptors (Lipinski definition) is 4. The average Bonchev–Trinajstić information content (AvgIpc) is 2.45. The second kappa shape index (κ2) is 6.70. The van der Waals surface area contributed by atoms with Crippen molar-refractivity contribution in [3.05, 3.63) is 23.9 Å². The summed E-state index contributed by atoms with van der Waals surface area (Å²) >= 11 is 0. The summed E-state index contributed by atoms with van der Waals surface area (Å²) in [6.07, 6.45) is 5.20. The number of aromatic nitrogens is 1. The summed E-state index contributed by atoms with van der Waals surface area (Å²) in [6.45, 7) is 6.31. The lowest BCUT2D eigenvalue weighted by molar-refractivity contribution is 0.1000. The van der Waals surface area contributed by atoms with Crippen LogP contribution >= 0.6 is 0 Å². The van der Waals surface area contributed by atoms with E-state index in [2.05, 4.69) is 29.0 Å². The van der Waals surface area contributed by atoms with Crippen molar-refractivity contribution in [1.82, 2.24) is 10.3 Å². The topological polar surface area (TPSA) is 71.2 Å². The van der Waals surface area contributed by atoms with E-state index in [1.807, 2.05) is 6.07 Å². The Balaban J connectivity index is 2.08. The summed E-state index contributed by atoms with van der Waals surface area (Å²) in [5.74, 6) is 0.506. The Kier molecular flexibility index (Phi) is 4.95. The van der Waals surface area contributed by atoms with Gasteiger partial charge in [-0.15, -0.1) is 0 Å². The van der Waals surface area contributed by atoms with Gasteiger partial charge >= 0.3 is 0 Å². The molecule has 2 rings (SSSR count). The number of primary amides is 1. The minimum Gasteiger partial charge on any atom is -0.366 e. The van der Waals surface area contributed by atoms with Crippen molar-refractivity contribution in [2.75, 3.05) is 18.0 Å². The second-order valence-electron chi connectivity index (χ2n) is 5.68. The number of pyridine rings is 1. The monoisotopic (exact) mass is 276 g/mol. The van der Waals surface area contributed by atoms with E-state index in [4.69, 9.17) is 5.73 Å². The molecule has 0 bridgehead atoms. The molecule has 5 heteroatoms. The first kappa shape index (κ1) is 14.8. The molecule has 1 amide bonds. The number of rotatable bonds is 5. The van der Waals surface area contributed by atoms with Gasteiger partial charge in [0, 0.05) is 31.4 Å². The molecule has 1 aromatic rings. The van der Waals surface area contributed by atoms with Crippen LogP contribution in [0.4, 0.5) is 5.82 Å². The first-order valence-corrected chi connectivity index (χ1v) is 7.34. The first-order chi connectivity index (χ1) is 9.58. The van der Waals surface area contributed by atoms with E-state index in [0.717, 1.165) is 18.9 Å². The smallest absolute Gasteiger partial charge is 0.250 e. The summed E-state index contributed by atoms with van der Waals surface area (Å²) < 4.78 is 0. The first-order valence-electron chi connectivity index (χ1n) is 7.34. The van der Waals surface area contributed by atoms with Crippen LogP contribution in [0.1, 0.15) is 43.5 Å². The lowest BCUT2D eigenvalue weighted by Gasteiger charge is -2.37. The highest BCUT2D eigenvalue weighted by atomic mass is 16.1. The van der Waals surface area contributed by atoms with Gasteiger partial charge in [0.05, 0.1) is 5.56 Å². The van der Waals surface area contributed by atoms with E-state index in [9.17, 15) is 4.79 Å². The molecule has 2 heterocycles. The van der Waals surface area contributed by atoms with Gasteiger partial charge in [-0.05, 0) is 31.4 Å². The zero-order valence-corrected chi connectivity index (χ0v) is 12.3. The Morgan fingerprint density at radius 3 is 2.90 bits per heavy atom. The fraction of sp³-hybridized carbons (Fsp3) is 0.600. The molecule has 1 fully saturated rings. The SMILES string of the molecule is CC(C)NCC1CCCCN1c1ccc(C(N)=O)cn1. The Morgan fingerprint density at radius 1 is 1.50 bits per heavy atom. The van der Waals surface area contributed by atoms with E-state index >= 15 is 0 Å². The van der Waals surface area contributed by atoms with Crippen LogP contribution in [0.25, 0.3) is 0 Å². The molecule has 20 heavy (non-hydrogen) atoms. The van der Waals surface area contributed by atoms with Crippen LogP contribution in [0.5, 0.6) is 0 Å². The number of carbonyl (C=O) groups is 1. The fourth-order valence-electron chi connectivity index (χ4n) is 2.59. The van der Waals surface area contributed by atoms with Crippen LogP contribution in [0.2, 0.25) is 0 Å². The zero-order valence-electron chi connectivity index (χ0n) is 12.3. The predicted molar refractivity (Wildman–Crippen MR) is 80.9 cm³/mol. The standard InChI is InChI=1S/C15H24N4O/c1-11(2)17-10-13-5-3-4-8-19(13)14-7-6-12(9-18-14)15(16)20/h6-7,9,11,13,17H,3-5,8,10H2,1-2H3,(H2,16,20). The second-order valence-corrected chi connectivity index (χ2v) is 5.68. The molecule has 5 nitrogen and oxygen atoms in total. The number of piperidine rings is 1. The van der Waals surface area contributed by atoms with Crippen molar-refractivity contribution in [1.29, 1.82) is 0 Å². The predicted octanol–water partition coefficient (Wildman–Crippen LogP) is 1.54. The number of nitrogens with zero attached hydrogens (tertiary/aromatic N) is 2. The Morgan fingerprint density at radius 2 is 2.30 bits per heavy atom. The highest BCUT2D eigenvalue weighted by Gasteiger charge is 2.23. The summed E-state index contributed by atoms with van der Waals surface area (Å²) in [7, 11) is 0. The van der Waals surface area contributed by atoms with Gasteiger partial charge < -0.3 is 16.0 Å². The van der Waals surface area contributed by atoms with Crippen LogP contribution in [-0.4, -0.2) is 36.1 Å². The number of nitrogens with one attached hydrogen (secondary N) is 1. The van der Waals surface area contributed by atoms with Crippen molar-refractivity contribution in [2.45, 2.75) is 45.2 Å². The summed E-state index contributed by atoms with van der Waals surface area (Å²) in [5.41, 5.74) is 5.71. The molecule has 1 unspecified atom stereocenters. The summed E-state index contributed by atoms with van der Waals surface area (Å²) in [5, 5.41) is 3.50. The van der Waals surface area contributed by atoms with Crippen LogP contribution in [0.3, 0.4) is 0 Å². The minimum atomic E-state index is -0.430. The summed E-state index contributed by atoms with van der Waals surface area (Å²) in [6, 6.07) is 4.61. The molecule has 3 N–H and O–H groups in total.